The Morgan fingerprint density at radius 1 is 0.523 bits per heavy atom. The Kier molecular flexibility index (Phi) is 25.5. The van der Waals surface area contributed by atoms with Crippen molar-refractivity contribution in [3.8, 4) is 22.3 Å². The van der Waals surface area contributed by atoms with Crippen LogP contribution in [0.4, 0.5) is 8.78 Å². The number of aliphatic carboxylic acids is 1. The lowest BCUT2D eigenvalue weighted by Crippen LogP contribution is -2.32. The lowest BCUT2D eigenvalue weighted by atomic mass is 9.84. The fourth-order valence-electron chi connectivity index (χ4n) is 11.8. The molecule has 4 aromatic carbocycles. The highest BCUT2D eigenvalue weighted by Gasteiger charge is 2.33. The number of carboxylic acid groups (broad SMARTS) is 1. The van der Waals surface area contributed by atoms with Gasteiger partial charge in [0.1, 0.15) is 11.6 Å². The molecule has 0 aliphatic heterocycles. The van der Waals surface area contributed by atoms with Crippen molar-refractivity contribution >= 4 is 23.5 Å². The number of aromatic nitrogens is 2. The van der Waals surface area contributed by atoms with E-state index in [1.54, 1.807) is 61.9 Å². The summed E-state index contributed by atoms with van der Waals surface area (Å²) in [6.07, 6.45) is 5.09. The zero-order chi connectivity index (χ0) is 64.0. The molecular weight excluding hydrogens is 1090 g/mol. The second-order valence-corrected chi connectivity index (χ2v) is 25.1. The molecule has 0 bridgehead atoms. The van der Waals surface area contributed by atoms with Gasteiger partial charge >= 0.3 is 11.9 Å². The summed E-state index contributed by atoms with van der Waals surface area (Å²) in [6.45, 7) is 26.7. The molecule has 0 radical (unpaired) electrons. The SMILES string of the molecule is CCOC(=O)C[C@H](CC(=O)C(CC(C)C)n1cc(CCN(C)C)c(C)cc1=O)c1cc(-c2c(C)cccc2C)cc(C)c1F.Cc1cc(=O)n(C(CC(C)C)C(=O)C[C@@H](CC(=O)O)c2cc(-c3c(C)cccc3C)cc(C)c2F)cc1CCN(C)C. The standard InChI is InChI=1S/C37H49FN2O4.C35H45FN2O4/c1-10-44-35(43)21-29(31-19-30(17-27(7)37(31)38)36-24(4)12-11-13-25(36)5)20-33(41)32(16-23(2)3)40-22-28(14-15-39(8)9)26(6)18-34(40)42;1-21(2)14-30(38-20-26(12-13-37(7)8)24(5)16-32(38)40)31(39)18-27(19-33(41)42)29-17-28(15-25(6)35(29)36)34-22(3)10-9-11-23(34)4/h11-13,17-19,22-23,29,32H,10,14-16,20-21H2,1-9H3;9-11,15-17,20-21,27,30H,12-14,18-19H2,1-8H3,(H,41,42)/t29-,32?;27-,30?/m00/s1. The molecule has 0 saturated carbocycles. The van der Waals surface area contributed by atoms with Gasteiger partial charge in [0.2, 0.25) is 0 Å². The third kappa shape index (κ3) is 18.7. The van der Waals surface area contributed by atoms with Crippen LogP contribution in [0.25, 0.3) is 22.3 Å². The number of nitrogens with zero attached hydrogens (tertiary/aromatic N) is 4. The van der Waals surface area contributed by atoms with Crippen LogP contribution in [0.15, 0.2) is 94.8 Å². The Bertz CT molecular complexity index is 3460. The normalized spacial score (nSPS) is 13.0. The number of likely N-dealkylation sites (N-methyl/N-ethyl adjacent to an activating group) is 2. The molecule has 14 heteroatoms. The monoisotopic (exact) mass is 1180 g/mol. The lowest BCUT2D eigenvalue weighted by Gasteiger charge is -2.25. The van der Waals surface area contributed by atoms with Gasteiger partial charge in [0, 0.05) is 62.3 Å². The Balaban J connectivity index is 0.000000314. The molecule has 0 amide bonds. The first-order chi connectivity index (χ1) is 40.4. The number of rotatable bonds is 27. The number of halogens is 2. The molecule has 6 rings (SSSR count). The number of aryl methyl sites for hydroxylation is 8. The summed E-state index contributed by atoms with van der Waals surface area (Å²) >= 11 is 0. The molecule has 464 valence electrons. The van der Waals surface area contributed by atoms with Gasteiger partial charge in [-0.25, -0.2) is 8.78 Å². The summed E-state index contributed by atoms with van der Waals surface area (Å²) in [5.41, 5.74) is 12.4. The molecule has 2 heterocycles. The summed E-state index contributed by atoms with van der Waals surface area (Å²) in [5.74, 6) is -4.42. The van der Waals surface area contributed by atoms with Crippen LogP contribution >= 0.6 is 0 Å². The van der Waals surface area contributed by atoms with Gasteiger partial charge in [-0.3, -0.25) is 28.8 Å². The van der Waals surface area contributed by atoms with Crippen LogP contribution in [-0.4, -0.2) is 95.4 Å². The molecule has 0 aliphatic carbocycles. The Morgan fingerprint density at radius 3 is 1.21 bits per heavy atom. The molecule has 1 N–H and O–H groups in total. The van der Waals surface area contributed by atoms with E-state index in [9.17, 15) is 33.9 Å². The van der Waals surface area contributed by atoms with Gasteiger partial charge in [-0.05, 0) is 241 Å². The highest BCUT2D eigenvalue weighted by atomic mass is 19.1. The summed E-state index contributed by atoms with van der Waals surface area (Å²) in [7, 11) is 7.96. The average Bonchev–Trinajstić information content (AvgIpc) is 1.27. The van der Waals surface area contributed by atoms with Crippen molar-refractivity contribution in [2.24, 2.45) is 11.8 Å². The maximum absolute atomic E-state index is 16.0. The van der Waals surface area contributed by atoms with Crippen molar-refractivity contribution in [3.05, 3.63) is 184 Å². The maximum Gasteiger partial charge on any atom is 0.306 e. The van der Waals surface area contributed by atoms with E-state index in [4.69, 9.17) is 4.74 Å². The maximum atomic E-state index is 16.0. The van der Waals surface area contributed by atoms with E-state index in [0.717, 1.165) is 92.7 Å². The van der Waals surface area contributed by atoms with Gasteiger partial charge in [0.05, 0.1) is 31.5 Å². The second kappa shape index (κ2) is 31.5. The van der Waals surface area contributed by atoms with Crippen LogP contribution < -0.4 is 11.1 Å². The van der Waals surface area contributed by atoms with Crippen LogP contribution in [0.3, 0.4) is 0 Å². The molecule has 6 aromatic rings. The predicted molar refractivity (Wildman–Crippen MR) is 343 cm³/mol. The fourth-order valence-corrected chi connectivity index (χ4v) is 11.8. The fraction of sp³-hybridized carbons (Fsp3) is 0.472. The zero-order valence-corrected chi connectivity index (χ0v) is 54.2. The number of benzene rings is 4. The molecule has 0 aliphatic rings. The molecule has 2 aromatic heterocycles. The van der Waals surface area contributed by atoms with Crippen LogP contribution in [0.2, 0.25) is 0 Å². The number of hydrogen-bond acceptors (Lipinski definition) is 9. The molecular formula is C72H94F2N4O8. The van der Waals surface area contributed by atoms with Gasteiger partial charge < -0.3 is 28.8 Å². The summed E-state index contributed by atoms with van der Waals surface area (Å²) in [6, 6.07) is 20.7. The van der Waals surface area contributed by atoms with Crippen molar-refractivity contribution < 1.29 is 37.8 Å². The molecule has 0 fully saturated rings. The molecule has 12 nitrogen and oxygen atoms in total. The van der Waals surface area contributed by atoms with Crippen molar-refractivity contribution in [2.45, 2.75) is 165 Å². The smallest absolute Gasteiger partial charge is 0.306 e. The van der Waals surface area contributed by atoms with Crippen molar-refractivity contribution in [1.82, 2.24) is 18.9 Å². The first-order valence-corrected chi connectivity index (χ1v) is 30.3. The Hall–Kier alpha value is -7.16. The lowest BCUT2D eigenvalue weighted by molar-refractivity contribution is -0.144. The van der Waals surface area contributed by atoms with E-state index in [-0.39, 0.29) is 66.0 Å². The quantitative estimate of drug-likeness (QED) is 0.0494. The molecule has 2 unspecified atom stereocenters. The number of ketones is 2. The van der Waals surface area contributed by atoms with Crippen molar-refractivity contribution in [2.75, 3.05) is 47.9 Å². The third-order valence-electron chi connectivity index (χ3n) is 16.3. The first kappa shape index (κ1) is 69.6. The van der Waals surface area contributed by atoms with Gasteiger partial charge in [0.25, 0.3) is 11.1 Å². The highest BCUT2D eigenvalue weighted by molar-refractivity contribution is 5.86. The van der Waals surface area contributed by atoms with Crippen molar-refractivity contribution in [1.29, 1.82) is 0 Å². The van der Waals surface area contributed by atoms with E-state index >= 15 is 8.78 Å². The number of hydrogen-bond donors (Lipinski definition) is 1. The number of esters is 1. The molecule has 0 saturated heterocycles. The summed E-state index contributed by atoms with van der Waals surface area (Å²) < 4.78 is 40.0. The van der Waals surface area contributed by atoms with E-state index < -0.39 is 53.9 Å². The third-order valence-corrected chi connectivity index (χ3v) is 16.3. The van der Waals surface area contributed by atoms with E-state index in [1.807, 2.05) is 146 Å². The minimum absolute atomic E-state index is 0.0987. The minimum Gasteiger partial charge on any atom is -0.481 e. The summed E-state index contributed by atoms with van der Waals surface area (Å²) in [4.78, 5) is 83.8. The van der Waals surface area contributed by atoms with Crippen molar-refractivity contribution in [3.63, 3.8) is 0 Å². The molecule has 4 atom stereocenters. The molecule has 0 spiro atoms. The first-order valence-electron chi connectivity index (χ1n) is 30.3. The van der Waals surface area contributed by atoms with Crippen LogP contribution in [0.1, 0.15) is 164 Å². The van der Waals surface area contributed by atoms with Gasteiger partial charge in [-0.1, -0.05) is 64.1 Å². The zero-order valence-electron chi connectivity index (χ0n) is 54.2. The number of pyridine rings is 2. The largest absolute Gasteiger partial charge is 0.481 e. The van der Waals surface area contributed by atoms with Gasteiger partial charge in [0.15, 0.2) is 11.6 Å². The highest BCUT2D eigenvalue weighted by Crippen LogP contribution is 2.39. The van der Waals surface area contributed by atoms with Crippen LogP contribution in [0, 0.1) is 78.9 Å². The topological polar surface area (TPSA) is 148 Å². The van der Waals surface area contributed by atoms with E-state index in [1.165, 1.54) is 4.57 Å². The number of carbonyl (C=O) groups excluding carboxylic acids is 3. The minimum atomic E-state index is -1.11. The predicted octanol–water partition coefficient (Wildman–Crippen LogP) is 14.1. The van der Waals surface area contributed by atoms with Gasteiger partial charge in [-0.2, -0.15) is 0 Å². The number of Topliss-reactive ketones (excluding diaryl/α,β-unsaturated/α-hetero) is 2. The Morgan fingerprint density at radius 2 is 0.884 bits per heavy atom. The van der Waals surface area contributed by atoms with E-state index in [2.05, 4.69) is 9.80 Å². The number of carboxylic acids is 1. The van der Waals surface area contributed by atoms with Gasteiger partial charge in [-0.15, -0.1) is 0 Å². The Labute approximate surface area is 509 Å². The van der Waals surface area contributed by atoms with Crippen LogP contribution in [-0.2, 0) is 36.8 Å². The average molecular weight is 1180 g/mol. The number of carbonyl (C=O) groups is 4. The van der Waals surface area contributed by atoms with E-state index in [0.29, 0.717) is 29.5 Å². The van der Waals surface area contributed by atoms with Crippen LogP contribution in [0.5, 0.6) is 0 Å². The summed E-state index contributed by atoms with van der Waals surface area (Å²) in [5, 5.41) is 9.82. The second-order valence-electron chi connectivity index (χ2n) is 25.1. The molecule has 86 heavy (non-hydrogen) atoms. The number of ether oxygens (including phenoxy) is 1.